The van der Waals surface area contributed by atoms with Crippen molar-refractivity contribution < 1.29 is 9.18 Å². The number of halogens is 1. The summed E-state index contributed by atoms with van der Waals surface area (Å²) in [5.74, 6) is -0.888. The molecule has 0 fully saturated rings. The number of pyridine rings is 3. The quantitative estimate of drug-likeness (QED) is 0.505. The van der Waals surface area contributed by atoms with E-state index >= 15 is 0 Å². The number of nitrogens with zero attached hydrogens (tertiary/aromatic N) is 4. The lowest BCUT2D eigenvalue weighted by molar-refractivity contribution is 0.0938. The van der Waals surface area contributed by atoms with E-state index in [-0.39, 0.29) is 11.4 Å². The smallest absolute Gasteiger partial charge is 0.265 e. The number of fused-ring (bicyclic) bond motifs is 1. The van der Waals surface area contributed by atoms with Crippen LogP contribution >= 0.6 is 0 Å². The van der Waals surface area contributed by atoms with E-state index in [1.807, 2.05) is 12.1 Å². The first-order valence-corrected chi connectivity index (χ1v) is 10.4. The van der Waals surface area contributed by atoms with Gasteiger partial charge in [-0.25, -0.2) is 9.37 Å². The number of amides is 1. The molecule has 33 heavy (non-hydrogen) atoms. The summed E-state index contributed by atoms with van der Waals surface area (Å²) in [6, 6.07) is 14.1. The largest absolute Gasteiger partial charge is 0.345 e. The molecule has 0 spiro atoms. The van der Waals surface area contributed by atoms with Crippen LogP contribution in [-0.2, 0) is 6.54 Å². The number of carbonyl (C=O) groups excluding carboxylic acids is 1. The first-order chi connectivity index (χ1) is 15.9. The molecule has 3 aromatic heterocycles. The van der Waals surface area contributed by atoms with Gasteiger partial charge in [-0.3, -0.25) is 19.1 Å². The van der Waals surface area contributed by atoms with E-state index in [1.54, 1.807) is 44.3 Å². The van der Waals surface area contributed by atoms with Gasteiger partial charge in [0.05, 0.1) is 17.3 Å². The highest BCUT2D eigenvalue weighted by molar-refractivity contribution is 5.97. The molecule has 0 aliphatic carbocycles. The molecule has 0 aliphatic rings. The van der Waals surface area contributed by atoms with E-state index < -0.39 is 17.5 Å². The van der Waals surface area contributed by atoms with Crippen molar-refractivity contribution in [3.8, 4) is 17.3 Å². The number of hydrogen-bond acceptors (Lipinski definition) is 5. The topological polar surface area (TPSA) is 101 Å². The Kier molecular flexibility index (Phi) is 5.96. The summed E-state index contributed by atoms with van der Waals surface area (Å²) in [6.07, 6.45) is 3.08. The lowest BCUT2D eigenvalue weighted by Crippen LogP contribution is -2.34. The number of nitriles is 1. The second-order valence-electron chi connectivity index (χ2n) is 7.53. The summed E-state index contributed by atoms with van der Waals surface area (Å²) in [5.41, 5.74) is 2.49. The fraction of sp³-hybridized carbons (Fsp3) is 0.160. The molecule has 0 saturated heterocycles. The van der Waals surface area contributed by atoms with Crippen LogP contribution in [-0.4, -0.2) is 20.4 Å². The molecular formula is C25H20FN5O2. The molecule has 0 saturated carbocycles. The summed E-state index contributed by atoms with van der Waals surface area (Å²) < 4.78 is 14.6. The van der Waals surface area contributed by atoms with Gasteiger partial charge in [-0.15, -0.1) is 0 Å². The number of nitrogens with one attached hydrogen (secondary N) is 1. The zero-order valence-electron chi connectivity index (χ0n) is 18.0. The molecule has 3 heterocycles. The van der Waals surface area contributed by atoms with Gasteiger partial charge in [-0.1, -0.05) is 12.1 Å². The van der Waals surface area contributed by atoms with Crippen LogP contribution < -0.4 is 10.9 Å². The van der Waals surface area contributed by atoms with Crippen molar-refractivity contribution in [2.45, 2.75) is 26.4 Å². The summed E-state index contributed by atoms with van der Waals surface area (Å²) in [5, 5.41) is 12.4. The molecule has 0 radical (unpaired) electrons. The monoisotopic (exact) mass is 441 g/mol. The van der Waals surface area contributed by atoms with Crippen LogP contribution in [0.4, 0.5) is 4.39 Å². The zero-order chi connectivity index (χ0) is 23.5. The van der Waals surface area contributed by atoms with Gasteiger partial charge in [0.25, 0.3) is 11.5 Å². The maximum absolute atomic E-state index is 13.2. The van der Waals surface area contributed by atoms with Crippen LogP contribution in [0.5, 0.6) is 0 Å². The fourth-order valence-corrected chi connectivity index (χ4v) is 3.60. The molecule has 1 atom stereocenters. The highest BCUT2D eigenvalue weighted by atomic mass is 19.1. The van der Waals surface area contributed by atoms with Gasteiger partial charge in [0.15, 0.2) is 0 Å². The first-order valence-electron chi connectivity index (χ1n) is 10.4. The van der Waals surface area contributed by atoms with Gasteiger partial charge in [-0.05, 0) is 55.8 Å². The highest BCUT2D eigenvalue weighted by Gasteiger charge is 2.19. The van der Waals surface area contributed by atoms with Crippen molar-refractivity contribution in [3.63, 3.8) is 0 Å². The molecule has 1 unspecified atom stereocenters. The van der Waals surface area contributed by atoms with Crippen LogP contribution in [0.15, 0.2) is 65.7 Å². The summed E-state index contributed by atoms with van der Waals surface area (Å²) in [7, 11) is 0. The number of aryl methyl sites for hydroxylation is 1. The molecular weight excluding hydrogens is 421 g/mol. The van der Waals surface area contributed by atoms with Gasteiger partial charge in [0.1, 0.15) is 23.1 Å². The van der Waals surface area contributed by atoms with Gasteiger partial charge in [0, 0.05) is 29.9 Å². The Morgan fingerprint density at radius 2 is 1.91 bits per heavy atom. The molecule has 164 valence electrons. The first kappa shape index (κ1) is 21.8. The number of aromatic nitrogens is 3. The Bertz CT molecular complexity index is 1440. The van der Waals surface area contributed by atoms with Crippen molar-refractivity contribution >= 4 is 16.9 Å². The van der Waals surface area contributed by atoms with E-state index in [0.29, 0.717) is 34.4 Å². The van der Waals surface area contributed by atoms with Crippen molar-refractivity contribution in [2.24, 2.45) is 0 Å². The van der Waals surface area contributed by atoms with Crippen molar-refractivity contribution in [2.75, 3.05) is 0 Å². The molecule has 1 amide bonds. The minimum absolute atomic E-state index is 0.00921. The van der Waals surface area contributed by atoms with E-state index in [4.69, 9.17) is 5.26 Å². The summed E-state index contributed by atoms with van der Waals surface area (Å²) in [4.78, 5) is 34.7. The van der Waals surface area contributed by atoms with Crippen molar-refractivity contribution in [1.29, 1.82) is 5.26 Å². The second-order valence-corrected chi connectivity index (χ2v) is 7.53. The third-order valence-electron chi connectivity index (χ3n) is 5.39. The van der Waals surface area contributed by atoms with Crippen LogP contribution in [0.25, 0.3) is 22.3 Å². The highest BCUT2D eigenvalue weighted by Crippen LogP contribution is 2.22. The number of benzene rings is 1. The third-order valence-corrected chi connectivity index (χ3v) is 5.39. The van der Waals surface area contributed by atoms with Gasteiger partial charge >= 0.3 is 0 Å². The van der Waals surface area contributed by atoms with Crippen LogP contribution in [0, 0.1) is 17.1 Å². The van der Waals surface area contributed by atoms with Crippen LogP contribution in [0.3, 0.4) is 0 Å². The lowest BCUT2D eigenvalue weighted by atomic mass is 10.1. The lowest BCUT2D eigenvalue weighted by Gasteiger charge is -2.16. The van der Waals surface area contributed by atoms with Gasteiger partial charge in [0.2, 0.25) is 0 Å². The fourth-order valence-electron chi connectivity index (χ4n) is 3.60. The van der Waals surface area contributed by atoms with Crippen molar-refractivity contribution in [3.05, 3.63) is 93.8 Å². The van der Waals surface area contributed by atoms with E-state index in [9.17, 15) is 14.0 Å². The molecule has 1 aromatic carbocycles. The molecule has 7 nitrogen and oxygen atoms in total. The maximum atomic E-state index is 13.2. The van der Waals surface area contributed by atoms with E-state index in [1.165, 1.54) is 29.0 Å². The molecule has 4 aromatic rings. The predicted octanol–water partition coefficient (Wildman–Crippen LogP) is 3.98. The summed E-state index contributed by atoms with van der Waals surface area (Å²) >= 11 is 0. The Morgan fingerprint density at radius 1 is 1.15 bits per heavy atom. The molecule has 0 bridgehead atoms. The third kappa shape index (κ3) is 4.34. The summed E-state index contributed by atoms with van der Waals surface area (Å²) in [6.45, 7) is 3.91. The average Bonchev–Trinajstić information content (AvgIpc) is 2.83. The number of hydrogen-bond donors (Lipinski definition) is 1. The van der Waals surface area contributed by atoms with Crippen LogP contribution in [0.1, 0.15) is 41.4 Å². The van der Waals surface area contributed by atoms with E-state index in [2.05, 4.69) is 15.3 Å². The minimum atomic E-state index is -0.525. The standard InChI is InChI=1S/C25H20FN5O2/c1-3-31-23-18(10-19(14-29-23)22-9-4-16(12-27)13-28-22)11-21(25(31)33)24(32)30-15(2)17-5-7-20(26)8-6-17/h4-11,13-15H,3H2,1-2H3,(H,30,32). The Balaban J connectivity index is 1.73. The normalized spacial score (nSPS) is 11.7. The predicted molar refractivity (Wildman–Crippen MR) is 122 cm³/mol. The maximum Gasteiger partial charge on any atom is 0.265 e. The Morgan fingerprint density at radius 3 is 2.55 bits per heavy atom. The SMILES string of the molecule is CCn1c(=O)c(C(=O)NC(C)c2ccc(F)cc2)cc2cc(-c3ccc(C#N)cn3)cnc21. The average molecular weight is 441 g/mol. The number of carbonyl (C=O) groups is 1. The number of rotatable bonds is 5. The molecule has 1 N–H and O–H groups in total. The van der Waals surface area contributed by atoms with E-state index in [0.717, 1.165) is 5.56 Å². The minimum Gasteiger partial charge on any atom is -0.345 e. The van der Waals surface area contributed by atoms with Gasteiger partial charge < -0.3 is 5.32 Å². The zero-order valence-corrected chi connectivity index (χ0v) is 18.0. The molecule has 0 aliphatic heterocycles. The van der Waals surface area contributed by atoms with Crippen LogP contribution in [0.2, 0.25) is 0 Å². The molecule has 4 rings (SSSR count). The Labute approximate surface area is 189 Å². The molecule has 8 heteroatoms. The van der Waals surface area contributed by atoms with Crippen molar-refractivity contribution in [1.82, 2.24) is 19.9 Å². The second kappa shape index (κ2) is 9.01. The Hall–Kier alpha value is -4.38. The van der Waals surface area contributed by atoms with Gasteiger partial charge in [-0.2, -0.15) is 5.26 Å².